The van der Waals surface area contributed by atoms with Crippen LogP contribution < -0.4 is 5.32 Å². The lowest BCUT2D eigenvalue weighted by Crippen LogP contribution is -2.14. The molecule has 3 aromatic rings. The van der Waals surface area contributed by atoms with Crippen LogP contribution in [0.3, 0.4) is 0 Å². The molecule has 1 aromatic heterocycles. The van der Waals surface area contributed by atoms with Crippen LogP contribution in [0.2, 0.25) is 0 Å². The molecular formula is C17H15N5O3S. The van der Waals surface area contributed by atoms with Crippen molar-refractivity contribution in [3.8, 4) is 11.4 Å². The fraction of sp³-hybridized carbons (Fsp3) is 0.118. The van der Waals surface area contributed by atoms with E-state index in [2.05, 4.69) is 20.5 Å². The Morgan fingerprint density at radius 3 is 2.54 bits per heavy atom. The summed E-state index contributed by atoms with van der Waals surface area (Å²) < 4.78 is 0. The molecule has 0 saturated carbocycles. The van der Waals surface area contributed by atoms with Crippen LogP contribution in [0.1, 0.15) is 5.56 Å². The summed E-state index contributed by atoms with van der Waals surface area (Å²) in [5.41, 5.74) is 2.55. The fourth-order valence-electron chi connectivity index (χ4n) is 2.15. The Hall–Kier alpha value is -3.20. The molecule has 0 spiro atoms. The molecule has 1 heterocycles. The molecule has 8 nitrogen and oxygen atoms in total. The van der Waals surface area contributed by atoms with Gasteiger partial charge in [-0.15, -0.1) is 5.10 Å². The lowest BCUT2D eigenvalue weighted by atomic mass is 10.2. The number of hydrogen-bond acceptors (Lipinski definition) is 6. The van der Waals surface area contributed by atoms with Crippen molar-refractivity contribution < 1.29 is 9.72 Å². The molecule has 0 unspecified atom stereocenters. The molecule has 0 radical (unpaired) electrons. The molecular weight excluding hydrogens is 354 g/mol. The molecule has 0 aliphatic heterocycles. The van der Waals surface area contributed by atoms with Crippen LogP contribution in [0.4, 0.5) is 11.4 Å². The SMILES string of the molecule is Cc1ccc(NC(=O)CSc2n[nH]c(-c3ccc([N+](=O)[O-])cc3)n2)cc1. The maximum Gasteiger partial charge on any atom is 0.269 e. The quantitative estimate of drug-likeness (QED) is 0.391. The Kier molecular flexibility index (Phi) is 5.28. The normalized spacial score (nSPS) is 10.5. The number of non-ortho nitro benzene ring substituents is 1. The summed E-state index contributed by atoms with van der Waals surface area (Å²) in [5, 5.41) is 20.7. The van der Waals surface area contributed by atoms with Crippen molar-refractivity contribution in [1.82, 2.24) is 15.2 Å². The van der Waals surface area contributed by atoms with Gasteiger partial charge < -0.3 is 5.32 Å². The molecule has 0 bridgehead atoms. The van der Waals surface area contributed by atoms with Crippen LogP contribution in [-0.2, 0) is 4.79 Å². The molecule has 0 atom stereocenters. The summed E-state index contributed by atoms with van der Waals surface area (Å²) in [6.45, 7) is 1.98. The fourth-order valence-corrected chi connectivity index (χ4v) is 2.74. The minimum Gasteiger partial charge on any atom is -0.325 e. The van der Waals surface area contributed by atoms with Gasteiger partial charge in [0, 0.05) is 23.4 Å². The average Bonchev–Trinajstić information content (AvgIpc) is 3.11. The van der Waals surface area contributed by atoms with Gasteiger partial charge in [0.05, 0.1) is 10.7 Å². The van der Waals surface area contributed by atoms with E-state index < -0.39 is 4.92 Å². The first-order chi connectivity index (χ1) is 12.5. The van der Waals surface area contributed by atoms with Gasteiger partial charge in [0.15, 0.2) is 5.82 Å². The summed E-state index contributed by atoms with van der Waals surface area (Å²) in [6.07, 6.45) is 0. The van der Waals surface area contributed by atoms with Crippen molar-refractivity contribution in [2.45, 2.75) is 12.1 Å². The van der Waals surface area contributed by atoms with Gasteiger partial charge in [-0.3, -0.25) is 20.0 Å². The number of thioether (sulfide) groups is 1. The van der Waals surface area contributed by atoms with Crippen LogP contribution in [0.25, 0.3) is 11.4 Å². The summed E-state index contributed by atoms with van der Waals surface area (Å²) >= 11 is 1.20. The van der Waals surface area contributed by atoms with Gasteiger partial charge in [-0.25, -0.2) is 4.98 Å². The number of nitro groups is 1. The van der Waals surface area contributed by atoms with Gasteiger partial charge in [-0.05, 0) is 31.2 Å². The Morgan fingerprint density at radius 1 is 1.19 bits per heavy atom. The van der Waals surface area contributed by atoms with E-state index in [-0.39, 0.29) is 17.3 Å². The summed E-state index contributed by atoms with van der Waals surface area (Å²) in [6, 6.07) is 13.5. The topological polar surface area (TPSA) is 114 Å². The van der Waals surface area contributed by atoms with E-state index in [4.69, 9.17) is 0 Å². The summed E-state index contributed by atoms with van der Waals surface area (Å²) in [5.74, 6) is 0.507. The summed E-state index contributed by atoms with van der Waals surface area (Å²) in [4.78, 5) is 26.5. The smallest absolute Gasteiger partial charge is 0.269 e. The standard InChI is InChI=1S/C17H15N5O3S/c1-11-2-6-13(7-3-11)18-15(23)10-26-17-19-16(20-21-17)12-4-8-14(9-5-12)22(24)25/h2-9H,10H2,1H3,(H,18,23)(H,19,20,21). The van der Waals surface area contributed by atoms with E-state index in [1.165, 1.54) is 23.9 Å². The number of aryl methyl sites for hydroxylation is 1. The van der Waals surface area contributed by atoms with Crippen LogP contribution in [0, 0.1) is 17.0 Å². The van der Waals surface area contributed by atoms with Crippen LogP contribution in [0.15, 0.2) is 53.7 Å². The zero-order valence-electron chi connectivity index (χ0n) is 13.8. The van der Waals surface area contributed by atoms with E-state index in [0.29, 0.717) is 16.5 Å². The van der Waals surface area contributed by atoms with Gasteiger partial charge in [-0.2, -0.15) is 0 Å². The highest BCUT2D eigenvalue weighted by Crippen LogP contribution is 2.22. The number of benzene rings is 2. The molecule has 2 aromatic carbocycles. The number of nitro benzene ring substituents is 1. The highest BCUT2D eigenvalue weighted by molar-refractivity contribution is 7.99. The lowest BCUT2D eigenvalue weighted by Gasteiger charge is -2.04. The van der Waals surface area contributed by atoms with Crippen molar-refractivity contribution in [2.75, 3.05) is 11.1 Å². The first-order valence-corrected chi connectivity index (χ1v) is 8.66. The number of aromatic amines is 1. The second kappa shape index (κ2) is 7.79. The zero-order valence-corrected chi connectivity index (χ0v) is 14.6. The molecule has 9 heteroatoms. The highest BCUT2D eigenvalue weighted by atomic mass is 32.2. The predicted octanol–water partition coefficient (Wildman–Crippen LogP) is 3.42. The maximum absolute atomic E-state index is 12.0. The minimum atomic E-state index is -0.460. The van der Waals surface area contributed by atoms with E-state index in [1.54, 1.807) is 12.1 Å². The maximum atomic E-state index is 12.0. The number of aromatic nitrogens is 3. The molecule has 132 valence electrons. The highest BCUT2D eigenvalue weighted by Gasteiger charge is 2.11. The monoisotopic (exact) mass is 369 g/mol. The van der Waals surface area contributed by atoms with Crippen molar-refractivity contribution >= 4 is 29.0 Å². The predicted molar refractivity (Wildman–Crippen MR) is 99.0 cm³/mol. The molecule has 1 amide bonds. The van der Waals surface area contributed by atoms with Crippen molar-refractivity contribution in [3.05, 3.63) is 64.2 Å². The first-order valence-electron chi connectivity index (χ1n) is 7.68. The number of nitrogens with zero attached hydrogens (tertiary/aromatic N) is 3. The van der Waals surface area contributed by atoms with Gasteiger partial charge in [-0.1, -0.05) is 29.5 Å². The number of carbonyl (C=O) groups is 1. The van der Waals surface area contributed by atoms with Gasteiger partial charge >= 0.3 is 0 Å². The van der Waals surface area contributed by atoms with Crippen LogP contribution in [0.5, 0.6) is 0 Å². The molecule has 0 fully saturated rings. The van der Waals surface area contributed by atoms with E-state index in [1.807, 2.05) is 31.2 Å². The second-order valence-corrected chi connectivity index (χ2v) is 6.42. The Labute approximate surface area is 153 Å². The largest absolute Gasteiger partial charge is 0.325 e. The Bertz CT molecular complexity index is 922. The molecule has 26 heavy (non-hydrogen) atoms. The summed E-state index contributed by atoms with van der Waals surface area (Å²) in [7, 11) is 0. The van der Waals surface area contributed by atoms with E-state index in [9.17, 15) is 14.9 Å². The van der Waals surface area contributed by atoms with Gasteiger partial charge in [0.25, 0.3) is 5.69 Å². The minimum absolute atomic E-state index is 0.00985. The number of carbonyl (C=O) groups excluding carboxylic acids is 1. The van der Waals surface area contributed by atoms with Gasteiger partial charge in [0.1, 0.15) is 0 Å². The van der Waals surface area contributed by atoms with Crippen molar-refractivity contribution in [3.63, 3.8) is 0 Å². The van der Waals surface area contributed by atoms with E-state index >= 15 is 0 Å². The van der Waals surface area contributed by atoms with E-state index in [0.717, 1.165) is 11.3 Å². The molecule has 2 N–H and O–H groups in total. The zero-order chi connectivity index (χ0) is 18.5. The van der Waals surface area contributed by atoms with Crippen molar-refractivity contribution in [2.24, 2.45) is 0 Å². The number of anilines is 1. The average molecular weight is 369 g/mol. The molecule has 0 aliphatic rings. The Balaban J connectivity index is 1.57. The number of amides is 1. The van der Waals surface area contributed by atoms with Gasteiger partial charge in [0.2, 0.25) is 11.1 Å². The third kappa shape index (κ3) is 4.45. The first kappa shape index (κ1) is 17.6. The molecule has 3 rings (SSSR count). The number of rotatable bonds is 6. The molecule has 0 saturated heterocycles. The molecule has 0 aliphatic carbocycles. The number of hydrogen-bond donors (Lipinski definition) is 2. The third-order valence-corrected chi connectivity index (χ3v) is 4.33. The van der Waals surface area contributed by atoms with Crippen LogP contribution >= 0.6 is 11.8 Å². The lowest BCUT2D eigenvalue weighted by molar-refractivity contribution is -0.384. The number of H-pyrrole nitrogens is 1. The van der Waals surface area contributed by atoms with Crippen molar-refractivity contribution in [1.29, 1.82) is 0 Å². The Morgan fingerprint density at radius 2 is 1.88 bits per heavy atom. The second-order valence-electron chi connectivity index (χ2n) is 5.47. The van der Waals surface area contributed by atoms with Crippen LogP contribution in [-0.4, -0.2) is 31.8 Å². The third-order valence-electron chi connectivity index (χ3n) is 3.48. The number of nitrogens with one attached hydrogen (secondary N) is 2.